The van der Waals surface area contributed by atoms with E-state index in [2.05, 4.69) is 10.3 Å². The minimum absolute atomic E-state index is 0. The number of hydrogen-bond donors (Lipinski definition) is 6. The predicted molar refractivity (Wildman–Crippen MR) is 120 cm³/mol. The summed E-state index contributed by atoms with van der Waals surface area (Å²) in [5.41, 5.74) is 5.44. The van der Waals surface area contributed by atoms with E-state index >= 15 is 0 Å². The van der Waals surface area contributed by atoms with Gasteiger partial charge in [0.2, 0.25) is 0 Å². The van der Waals surface area contributed by atoms with Gasteiger partial charge in [0.1, 0.15) is 11.6 Å². The lowest BCUT2D eigenvalue weighted by Crippen LogP contribution is -2.30. The molecular weight excluding hydrogens is 458 g/mol. The van der Waals surface area contributed by atoms with Crippen LogP contribution in [0.2, 0.25) is 10.0 Å². The molecule has 170 valence electrons. The van der Waals surface area contributed by atoms with Crippen molar-refractivity contribution in [2.45, 2.75) is 12.5 Å². The van der Waals surface area contributed by atoms with Crippen LogP contribution in [0.25, 0.3) is 10.9 Å². The lowest BCUT2D eigenvalue weighted by atomic mass is 10.1. The number of hydrogen-bond acceptors (Lipinski definition) is 7. The van der Waals surface area contributed by atoms with Gasteiger partial charge in [-0.15, -0.1) is 0 Å². The van der Waals surface area contributed by atoms with E-state index in [0.717, 1.165) is 0 Å². The van der Waals surface area contributed by atoms with Crippen LogP contribution in [0, 0.1) is 0 Å². The van der Waals surface area contributed by atoms with Crippen LogP contribution in [0.3, 0.4) is 0 Å². The van der Waals surface area contributed by atoms with E-state index in [-0.39, 0.29) is 29.3 Å². The number of nitrogens with two attached hydrogens (primary N) is 1. The Kier molecular flexibility index (Phi) is 14.5. The summed E-state index contributed by atoms with van der Waals surface area (Å²) in [6.45, 7) is 1.18. The Hall–Kier alpha value is -1.78. The van der Waals surface area contributed by atoms with Gasteiger partial charge in [0.25, 0.3) is 0 Å². The van der Waals surface area contributed by atoms with E-state index in [1.54, 1.807) is 12.1 Å². The third kappa shape index (κ3) is 11.4. The average molecular weight is 485 g/mol. The second-order valence-electron chi connectivity index (χ2n) is 5.96. The summed E-state index contributed by atoms with van der Waals surface area (Å²) in [6, 6.07) is 3.82. The van der Waals surface area contributed by atoms with Crippen molar-refractivity contribution in [3.05, 3.63) is 40.0 Å². The van der Waals surface area contributed by atoms with Gasteiger partial charge in [-0.1, -0.05) is 29.3 Å². The Bertz CT molecular complexity index is 894. The largest absolute Gasteiger partial charge is 0.480 e. The van der Waals surface area contributed by atoms with Crippen LogP contribution in [0.5, 0.6) is 0 Å². The third-order valence-corrected chi connectivity index (χ3v) is 4.76. The number of aromatic carboxylic acids is 1. The zero-order valence-electron chi connectivity index (χ0n) is 16.8. The molecule has 0 aliphatic rings. The molecule has 2 aromatic rings. The zero-order chi connectivity index (χ0) is 22.8. The second kappa shape index (κ2) is 14.3. The Morgan fingerprint density at radius 1 is 1.27 bits per heavy atom. The Morgan fingerprint density at radius 2 is 1.80 bits per heavy atom. The van der Waals surface area contributed by atoms with Crippen molar-refractivity contribution < 1.29 is 29.3 Å². The number of rotatable bonds is 5. The monoisotopic (exact) mass is 484 g/mol. The molecule has 30 heavy (non-hydrogen) atoms. The SMILES string of the molecule is CNC.CP(=O)(O)CCC(N)C(=O)O.N.O=C(O)c1c(Cl)ccc2cc(Cl)cnc12. The van der Waals surface area contributed by atoms with Gasteiger partial charge in [-0.05, 0) is 32.6 Å². The molecular formula is C17H27Cl2N4O6P. The second-order valence-corrected chi connectivity index (χ2v) is 9.35. The topological polar surface area (TPSA) is 198 Å². The molecule has 2 unspecified atom stereocenters. The molecule has 1 aromatic heterocycles. The summed E-state index contributed by atoms with van der Waals surface area (Å²) in [4.78, 5) is 33.8. The van der Waals surface area contributed by atoms with E-state index in [1.807, 2.05) is 14.1 Å². The van der Waals surface area contributed by atoms with E-state index in [1.165, 1.54) is 18.9 Å². The number of fused-ring (bicyclic) bond motifs is 1. The van der Waals surface area contributed by atoms with E-state index in [0.29, 0.717) is 15.9 Å². The van der Waals surface area contributed by atoms with E-state index < -0.39 is 25.3 Å². The first kappa shape index (κ1) is 30.4. The number of halogens is 2. The standard InChI is InChI=1S/C10H5Cl2NO2.C5H12NO4P.C2H7N.H3N/c11-6-3-5-1-2-7(12)8(10(14)15)9(5)13-4-6;1-11(9,10)3-2-4(6)5(7)8;1-3-2;/h1-4H,(H,14,15);4H,2-3,6H2,1H3,(H,7,8)(H,9,10);3H,1-2H3;1H3. The number of nitrogens with zero attached hydrogens (tertiary/aromatic N) is 1. The van der Waals surface area contributed by atoms with E-state index in [9.17, 15) is 14.2 Å². The van der Waals surface area contributed by atoms with Crippen molar-refractivity contribution in [2.24, 2.45) is 5.73 Å². The first-order chi connectivity index (χ1) is 13.3. The molecule has 2 rings (SSSR count). The highest BCUT2D eigenvalue weighted by molar-refractivity contribution is 7.57. The Morgan fingerprint density at radius 3 is 2.23 bits per heavy atom. The molecule has 13 heteroatoms. The normalized spacial score (nSPS) is 12.8. The van der Waals surface area contributed by atoms with Gasteiger partial charge in [0.15, 0.2) is 7.37 Å². The first-order valence-electron chi connectivity index (χ1n) is 8.17. The van der Waals surface area contributed by atoms with Crippen LogP contribution in [0.1, 0.15) is 16.8 Å². The minimum Gasteiger partial charge on any atom is -0.480 e. The molecule has 0 spiro atoms. The van der Waals surface area contributed by atoms with Crippen LogP contribution in [-0.2, 0) is 9.36 Å². The molecule has 0 amide bonds. The molecule has 0 saturated heterocycles. The molecule has 0 fully saturated rings. The van der Waals surface area contributed by atoms with Crippen LogP contribution < -0.4 is 17.2 Å². The van der Waals surface area contributed by atoms with Gasteiger partial charge in [0.05, 0.1) is 15.6 Å². The number of carbonyl (C=O) groups is 2. The molecule has 9 N–H and O–H groups in total. The summed E-state index contributed by atoms with van der Waals surface area (Å²) in [5.74, 6) is -2.24. The number of aliphatic carboxylic acids is 1. The molecule has 0 bridgehead atoms. The summed E-state index contributed by atoms with van der Waals surface area (Å²) in [6.07, 6.45) is 1.40. The lowest BCUT2D eigenvalue weighted by Gasteiger charge is -2.07. The number of benzene rings is 1. The lowest BCUT2D eigenvalue weighted by molar-refractivity contribution is -0.138. The van der Waals surface area contributed by atoms with E-state index in [4.69, 9.17) is 44.0 Å². The maximum absolute atomic E-state index is 11.0. The average Bonchev–Trinajstić information content (AvgIpc) is 2.60. The molecule has 1 aromatic carbocycles. The van der Waals surface area contributed by atoms with Crippen molar-refractivity contribution in [3.8, 4) is 0 Å². The fraction of sp³-hybridized carbons (Fsp3) is 0.353. The highest BCUT2D eigenvalue weighted by Crippen LogP contribution is 2.35. The minimum atomic E-state index is -3.10. The van der Waals surface area contributed by atoms with Crippen LogP contribution in [-0.4, -0.2) is 65.0 Å². The highest BCUT2D eigenvalue weighted by Gasteiger charge is 2.17. The van der Waals surface area contributed by atoms with Crippen molar-refractivity contribution in [1.29, 1.82) is 0 Å². The molecule has 10 nitrogen and oxygen atoms in total. The molecule has 0 aliphatic carbocycles. The number of nitrogens with one attached hydrogen (secondary N) is 1. The van der Waals surface area contributed by atoms with Crippen molar-refractivity contribution in [2.75, 3.05) is 26.9 Å². The molecule has 1 heterocycles. The fourth-order valence-corrected chi connectivity index (χ4v) is 3.01. The quantitative estimate of drug-likeness (QED) is 0.342. The maximum atomic E-state index is 11.0. The summed E-state index contributed by atoms with van der Waals surface area (Å²) in [7, 11) is 0.647. The van der Waals surface area contributed by atoms with Crippen LogP contribution in [0.15, 0.2) is 24.4 Å². The summed E-state index contributed by atoms with van der Waals surface area (Å²) < 4.78 is 10.6. The highest BCUT2D eigenvalue weighted by atomic mass is 35.5. The van der Waals surface area contributed by atoms with Gasteiger partial charge < -0.3 is 32.3 Å². The fourth-order valence-electron chi connectivity index (χ4n) is 1.86. The van der Waals surface area contributed by atoms with Crippen molar-refractivity contribution in [3.63, 3.8) is 0 Å². The van der Waals surface area contributed by atoms with Crippen LogP contribution in [0.4, 0.5) is 0 Å². The number of carboxylic acids is 2. The Labute approximate surface area is 184 Å². The Balaban J connectivity index is 0. The zero-order valence-corrected chi connectivity index (χ0v) is 19.2. The van der Waals surface area contributed by atoms with Gasteiger partial charge in [-0.25, -0.2) is 4.79 Å². The first-order valence-corrected chi connectivity index (χ1v) is 11.2. The predicted octanol–water partition coefficient (Wildman–Crippen LogP) is 2.93. The van der Waals surface area contributed by atoms with Gasteiger partial charge >= 0.3 is 11.9 Å². The molecule has 0 aliphatic heterocycles. The maximum Gasteiger partial charge on any atom is 0.339 e. The molecule has 0 radical (unpaired) electrons. The summed E-state index contributed by atoms with van der Waals surface area (Å²) in [5, 5.41) is 21.3. The van der Waals surface area contributed by atoms with Gasteiger partial charge in [0, 0.05) is 24.4 Å². The number of pyridine rings is 1. The molecule has 2 atom stereocenters. The third-order valence-electron chi connectivity index (χ3n) is 3.15. The molecule has 0 saturated carbocycles. The summed E-state index contributed by atoms with van der Waals surface area (Å²) >= 11 is 11.5. The van der Waals surface area contributed by atoms with Gasteiger partial charge in [-0.3, -0.25) is 14.3 Å². The van der Waals surface area contributed by atoms with Crippen molar-refractivity contribution in [1.82, 2.24) is 16.5 Å². The van der Waals surface area contributed by atoms with Gasteiger partial charge in [-0.2, -0.15) is 0 Å². The van der Waals surface area contributed by atoms with Crippen LogP contribution >= 0.6 is 30.6 Å². The van der Waals surface area contributed by atoms with Crippen molar-refractivity contribution >= 4 is 53.4 Å². The number of carboxylic acid groups (broad SMARTS) is 2. The number of aromatic nitrogens is 1. The smallest absolute Gasteiger partial charge is 0.339 e.